The Balaban J connectivity index is 1.66. The number of nitrogens with one attached hydrogen (secondary N) is 1. The molecular formula is C21H28N2O2S. The first-order valence-corrected chi connectivity index (χ1v) is 10.3. The molecule has 0 bridgehead atoms. The summed E-state index contributed by atoms with van der Waals surface area (Å²) in [5.74, 6) is 1.49. The van der Waals surface area contributed by atoms with Gasteiger partial charge < -0.3 is 10.1 Å². The van der Waals surface area contributed by atoms with Crippen molar-refractivity contribution in [3.63, 3.8) is 0 Å². The topological polar surface area (TPSA) is 41.6 Å². The number of benzene rings is 1. The van der Waals surface area contributed by atoms with Gasteiger partial charge in [0, 0.05) is 17.0 Å². The number of piperidine rings is 1. The lowest BCUT2D eigenvalue weighted by atomic mass is 9.97. The highest BCUT2D eigenvalue weighted by atomic mass is 32.1. The molecule has 1 N–H and O–H groups in total. The number of ether oxygens (including phenoxy) is 1. The predicted molar refractivity (Wildman–Crippen MR) is 107 cm³/mol. The first kappa shape index (κ1) is 18.9. The van der Waals surface area contributed by atoms with Gasteiger partial charge in [-0.25, -0.2) is 0 Å². The molecule has 2 aromatic rings. The number of carbonyl (C=O) groups excluding carboxylic acids is 1. The molecule has 4 nitrogen and oxygen atoms in total. The maximum atomic E-state index is 12.6. The first-order valence-electron chi connectivity index (χ1n) is 9.46. The zero-order chi connectivity index (χ0) is 18.4. The largest absolute Gasteiger partial charge is 0.494 e. The molecule has 1 aromatic carbocycles. The molecular weight excluding hydrogens is 344 g/mol. The Kier molecular flexibility index (Phi) is 6.69. The molecule has 0 unspecified atom stereocenters. The van der Waals surface area contributed by atoms with Crippen molar-refractivity contribution in [3.05, 3.63) is 52.2 Å². The van der Waals surface area contributed by atoms with Crippen LogP contribution in [0.4, 0.5) is 0 Å². The van der Waals surface area contributed by atoms with Crippen molar-refractivity contribution < 1.29 is 9.53 Å². The Morgan fingerprint density at radius 1 is 1.31 bits per heavy atom. The van der Waals surface area contributed by atoms with Gasteiger partial charge in [-0.05, 0) is 68.4 Å². The second-order valence-electron chi connectivity index (χ2n) is 6.92. The van der Waals surface area contributed by atoms with Crippen molar-refractivity contribution in [2.24, 2.45) is 5.92 Å². The molecule has 0 spiro atoms. The lowest BCUT2D eigenvalue weighted by molar-refractivity contribution is 0.0914. The van der Waals surface area contributed by atoms with Crippen LogP contribution < -0.4 is 10.1 Å². The van der Waals surface area contributed by atoms with Crippen LogP contribution in [0.15, 0.2) is 41.8 Å². The van der Waals surface area contributed by atoms with Crippen molar-refractivity contribution >= 4 is 17.2 Å². The molecule has 0 aliphatic carbocycles. The fourth-order valence-electron chi connectivity index (χ4n) is 3.42. The molecule has 0 saturated carbocycles. The Morgan fingerprint density at radius 3 is 2.81 bits per heavy atom. The van der Waals surface area contributed by atoms with E-state index in [1.54, 1.807) is 11.3 Å². The molecule has 1 saturated heterocycles. The third-order valence-corrected chi connectivity index (χ3v) is 5.97. The highest BCUT2D eigenvalue weighted by Crippen LogP contribution is 2.29. The van der Waals surface area contributed by atoms with Gasteiger partial charge in [-0.15, -0.1) is 11.3 Å². The highest BCUT2D eigenvalue weighted by Gasteiger charge is 2.25. The van der Waals surface area contributed by atoms with Gasteiger partial charge in [0.2, 0.25) is 0 Å². The number of thiophene rings is 1. The van der Waals surface area contributed by atoms with Crippen LogP contribution in [0.3, 0.4) is 0 Å². The summed E-state index contributed by atoms with van der Waals surface area (Å²) in [7, 11) is 0. The Morgan fingerprint density at radius 2 is 2.12 bits per heavy atom. The Bertz CT molecular complexity index is 694. The number of rotatable bonds is 7. The molecule has 1 amide bonds. The molecule has 1 atom stereocenters. The monoisotopic (exact) mass is 372 g/mol. The number of likely N-dealkylation sites (tertiary alicyclic amines) is 1. The van der Waals surface area contributed by atoms with Gasteiger partial charge in [-0.2, -0.15) is 0 Å². The van der Waals surface area contributed by atoms with Gasteiger partial charge in [0.25, 0.3) is 5.91 Å². The van der Waals surface area contributed by atoms with Crippen molar-refractivity contribution in [3.8, 4) is 5.75 Å². The van der Waals surface area contributed by atoms with E-state index in [1.165, 1.54) is 17.7 Å². The average Bonchev–Trinajstić information content (AvgIpc) is 3.18. The van der Waals surface area contributed by atoms with Crippen LogP contribution in [0.2, 0.25) is 0 Å². The number of hydrogen-bond donors (Lipinski definition) is 1. The zero-order valence-corrected chi connectivity index (χ0v) is 16.4. The average molecular weight is 373 g/mol. The smallest absolute Gasteiger partial charge is 0.251 e. The molecule has 5 heteroatoms. The first-order chi connectivity index (χ1) is 12.7. The number of hydrogen-bond acceptors (Lipinski definition) is 4. The van der Waals surface area contributed by atoms with Gasteiger partial charge in [-0.1, -0.05) is 19.1 Å². The maximum absolute atomic E-state index is 12.6. The molecule has 2 heterocycles. The Hall–Kier alpha value is -1.85. The normalized spacial score (nSPS) is 17.0. The number of carbonyl (C=O) groups is 1. The van der Waals surface area contributed by atoms with E-state index in [0.29, 0.717) is 18.7 Å². The fourth-order valence-corrected chi connectivity index (χ4v) is 4.28. The highest BCUT2D eigenvalue weighted by molar-refractivity contribution is 7.10. The van der Waals surface area contributed by atoms with Crippen molar-refractivity contribution in [2.75, 3.05) is 26.2 Å². The zero-order valence-electron chi connectivity index (χ0n) is 15.6. The lowest BCUT2D eigenvalue weighted by Gasteiger charge is -2.36. The van der Waals surface area contributed by atoms with Crippen LogP contribution in [-0.4, -0.2) is 37.0 Å². The van der Waals surface area contributed by atoms with Gasteiger partial charge in [-0.3, -0.25) is 9.69 Å². The van der Waals surface area contributed by atoms with Crippen molar-refractivity contribution in [1.82, 2.24) is 10.2 Å². The van der Waals surface area contributed by atoms with E-state index >= 15 is 0 Å². The summed E-state index contributed by atoms with van der Waals surface area (Å²) >= 11 is 1.77. The second kappa shape index (κ2) is 9.19. The van der Waals surface area contributed by atoms with E-state index in [1.807, 2.05) is 31.2 Å². The van der Waals surface area contributed by atoms with Crippen molar-refractivity contribution in [1.29, 1.82) is 0 Å². The van der Waals surface area contributed by atoms with Crippen LogP contribution in [0, 0.1) is 5.92 Å². The van der Waals surface area contributed by atoms with E-state index in [2.05, 4.69) is 34.7 Å². The summed E-state index contributed by atoms with van der Waals surface area (Å²) in [5.41, 5.74) is 0.646. The summed E-state index contributed by atoms with van der Waals surface area (Å²) < 4.78 is 5.50. The standard InChI is InChI=1S/C21H28N2O2S/c1-3-25-18-7-4-6-17(14-18)21(24)22-15-19(20-8-5-13-26-20)23-11-9-16(2)10-12-23/h4-8,13-14,16,19H,3,9-12,15H2,1-2H3,(H,22,24)/t19-/m0/s1. The van der Waals surface area contributed by atoms with Crippen LogP contribution in [0.5, 0.6) is 5.75 Å². The Labute approximate surface area is 160 Å². The van der Waals surface area contributed by atoms with E-state index in [4.69, 9.17) is 4.74 Å². The van der Waals surface area contributed by atoms with Crippen LogP contribution in [0.25, 0.3) is 0 Å². The van der Waals surface area contributed by atoms with Gasteiger partial charge >= 0.3 is 0 Å². The molecule has 1 aliphatic rings. The van der Waals surface area contributed by atoms with Crippen LogP contribution in [0.1, 0.15) is 48.0 Å². The molecule has 1 fully saturated rings. The minimum Gasteiger partial charge on any atom is -0.494 e. The summed E-state index contributed by atoms with van der Waals surface area (Å²) in [5, 5.41) is 5.25. The number of nitrogens with zero attached hydrogens (tertiary/aromatic N) is 1. The second-order valence-corrected chi connectivity index (χ2v) is 7.90. The quantitative estimate of drug-likeness (QED) is 0.786. The third kappa shape index (κ3) is 4.86. The maximum Gasteiger partial charge on any atom is 0.251 e. The molecule has 140 valence electrons. The van der Waals surface area contributed by atoms with E-state index in [0.717, 1.165) is 24.8 Å². The summed E-state index contributed by atoms with van der Waals surface area (Å²) in [6.45, 7) is 7.69. The summed E-state index contributed by atoms with van der Waals surface area (Å²) in [6.07, 6.45) is 2.46. The van der Waals surface area contributed by atoms with Gasteiger partial charge in [0.05, 0.1) is 12.6 Å². The van der Waals surface area contributed by atoms with Crippen LogP contribution >= 0.6 is 11.3 Å². The van der Waals surface area contributed by atoms with Crippen molar-refractivity contribution in [2.45, 2.75) is 32.7 Å². The SMILES string of the molecule is CCOc1cccc(C(=O)NC[C@@H](c2cccs2)N2CCC(C)CC2)c1. The molecule has 3 rings (SSSR count). The van der Waals surface area contributed by atoms with Crippen LogP contribution in [-0.2, 0) is 0 Å². The van der Waals surface area contributed by atoms with Gasteiger partial charge in [0.15, 0.2) is 0 Å². The van der Waals surface area contributed by atoms with E-state index in [9.17, 15) is 4.79 Å². The van der Waals surface area contributed by atoms with E-state index < -0.39 is 0 Å². The predicted octanol–water partition coefficient (Wildman–Crippen LogP) is 4.35. The third-order valence-electron chi connectivity index (χ3n) is 4.99. The fraction of sp³-hybridized carbons (Fsp3) is 0.476. The minimum atomic E-state index is -0.0431. The van der Waals surface area contributed by atoms with E-state index in [-0.39, 0.29) is 11.9 Å². The lowest BCUT2D eigenvalue weighted by Crippen LogP contribution is -2.41. The molecule has 1 aromatic heterocycles. The minimum absolute atomic E-state index is 0.0431. The summed E-state index contributed by atoms with van der Waals surface area (Å²) in [6, 6.07) is 11.9. The number of amides is 1. The molecule has 1 aliphatic heterocycles. The molecule has 0 radical (unpaired) electrons. The molecule has 26 heavy (non-hydrogen) atoms. The summed E-state index contributed by atoms with van der Waals surface area (Å²) in [4.78, 5) is 16.5. The van der Waals surface area contributed by atoms with Gasteiger partial charge in [0.1, 0.15) is 5.75 Å².